The topological polar surface area (TPSA) is 35.2 Å². The highest BCUT2D eigenvalue weighted by molar-refractivity contribution is 7.99. The van der Waals surface area contributed by atoms with Gasteiger partial charge in [-0.05, 0) is 31.0 Å². The van der Waals surface area contributed by atoms with E-state index in [4.69, 9.17) is 10.5 Å². The Hall–Kier alpha value is -0.510. The highest BCUT2D eigenvalue weighted by atomic mass is 32.2. The predicted molar refractivity (Wildman–Crippen MR) is 66.4 cm³/mol. The second-order valence-corrected chi connectivity index (χ2v) is 4.48. The van der Waals surface area contributed by atoms with Crippen molar-refractivity contribution in [1.82, 2.24) is 0 Å². The number of hydrogen-bond acceptors (Lipinski definition) is 3. The van der Waals surface area contributed by atoms with Crippen LogP contribution in [0, 0.1) is 0 Å². The molecule has 1 aromatic carbocycles. The molecule has 0 amide bonds. The molecule has 0 fully saturated rings. The molecular formula is C12H19NOS. The third-order valence-corrected chi connectivity index (χ3v) is 3.34. The summed E-state index contributed by atoms with van der Waals surface area (Å²) in [5.74, 6) is 1.11. The molecule has 0 saturated heterocycles. The Morgan fingerprint density at radius 2 is 2.13 bits per heavy atom. The number of hydrogen-bond donors (Lipinski definition) is 1. The summed E-state index contributed by atoms with van der Waals surface area (Å²) in [4.78, 5) is 1.36. The maximum atomic E-state index is 5.58. The van der Waals surface area contributed by atoms with Crippen molar-refractivity contribution >= 4 is 11.8 Å². The predicted octanol–water partition coefficient (Wildman–Crippen LogP) is 2.32. The molecule has 84 valence electrons. The molecule has 0 saturated carbocycles. The molecule has 0 bridgehead atoms. The van der Waals surface area contributed by atoms with Gasteiger partial charge >= 0.3 is 0 Å². The Labute approximate surface area is 96.2 Å². The first-order valence-corrected chi connectivity index (χ1v) is 6.26. The minimum Gasteiger partial charge on any atom is -0.385 e. The minimum absolute atomic E-state index is 0.718. The van der Waals surface area contributed by atoms with E-state index in [2.05, 4.69) is 24.3 Å². The zero-order valence-electron chi connectivity index (χ0n) is 9.24. The first-order chi connectivity index (χ1) is 7.38. The molecule has 0 aliphatic rings. The van der Waals surface area contributed by atoms with E-state index in [1.54, 1.807) is 7.11 Å². The smallest absolute Gasteiger partial charge is 0.0470 e. The second kappa shape index (κ2) is 7.74. The van der Waals surface area contributed by atoms with Crippen LogP contribution in [0.2, 0.25) is 0 Å². The van der Waals surface area contributed by atoms with Crippen molar-refractivity contribution in [2.45, 2.75) is 17.7 Å². The maximum absolute atomic E-state index is 5.58. The van der Waals surface area contributed by atoms with Crippen LogP contribution in [0.1, 0.15) is 12.0 Å². The van der Waals surface area contributed by atoms with Crippen LogP contribution in [0.3, 0.4) is 0 Å². The highest BCUT2D eigenvalue weighted by Gasteiger charge is 2.00. The van der Waals surface area contributed by atoms with Crippen LogP contribution < -0.4 is 5.73 Å². The van der Waals surface area contributed by atoms with Gasteiger partial charge in [-0.2, -0.15) is 0 Å². The number of ether oxygens (including phenoxy) is 1. The lowest BCUT2D eigenvalue weighted by molar-refractivity contribution is 0.200. The first-order valence-electron chi connectivity index (χ1n) is 5.28. The van der Waals surface area contributed by atoms with E-state index in [1.165, 1.54) is 10.5 Å². The standard InChI is InChI=1S/C12H19NOS/c1-14-9-4-10-15-12-6-3-2-5-11(12)7-8-13/h2-3,5-6H,4,7-10,13H2,1H3. The Morgan fingerprint density at radius 3 is 2.87 bits per heavy atom. The summed E-state index contributed by atoms with van der Waals surface area (Å²) >= 11 is 1.89. The van der Waals surface area contributed by atoms with Gasteiger partial charge in [0.2, 0.25) is 0 Å². The van der Waals surface area contributed by atoms with Gasteiger partial charge in [0.1, 0.15) is 0 Å². The summed E-state index contributed by atoms with van der Waals surface area (Å²) in [5, 5.41) is 0. The number of methoxy groups -OCH3 is 1. The van der Waals surface area contributed by atoms with Gasteiger partial charge in [-0.1, -0.05) is 18.2 Å². The molecule has 0 spiro atoms. The van der Waals surface area contributed by atoms with Gasteiger partial charge in [0, 0.05) is 24.4 Å². The van der Waals surface area contributed by atoms with E-state index in [0.29, 0.717) is 0 Å². The van der Waals surface area contributed by atoms with Crippen molar-refractivity contribution in [2.24, 2.45) is 5.73 Å². The van der Waals surface area contributed by atoms with Crippen LogP contribution in [0.5, 0.6) is 0 Å². The van der Waals surface area contributed by atoms with E-state index in [0.717, 1.165) is 31.7 Å². The minimum atomic E-state index is 0.718. The number of benzene rings is 1. The maximum Gasteiger partial charge on any atom is 0.0470 e. The lowest BCUT2D eigenvalue weighted by atomic mass is 10.1. The average molecular weight is 225 g/mol. The normalized spacial score (nSPS) is 10.5. The Kier molecular flexibility index (Phi) is 6.48. The van der Waals surface area contributed by atoms with Crippen LogP contribution in [-0.4, -0.2) is 26.0 Å². The average Bonchev–Trinajstić information content (AvgIpc) is 2.27. The van der Waals surface area contributed by atoms with E-state index in [9.17, 15) is 0 Å². The molecule has 0 aliphatic carbocycles. The van der Waals surface area contributed by atoms with Gasteiger partial charge < -0.3 is 10.5 Å². The van der Waals surface area contributed by atoms with Crippen LogP contribution in [-0.2, 0) is 11.2 Å². The third-order valence-electron chi connectivity index (χ3n) is 2.14. The molecule has 1 aromatic rings. The summed E-state index contributed by atoms with van der Waals surface area (Å²) in [6, 6.07) is 8.48. The van der Waals surface area contributed by atoms with Crippen molar-refractivity contribution < 1.29 is 4.74 Å². The lowest BCUT2D eigenvalue weighted by Gasteiger charge is -2.07. The van der Waals surface area contributed by atoms with Gasteiger partial charge in [0.25, 0.3) is 0 Å². The van der Waals surface area contributed by atoms with Gasteiger partial charge in [-0.3, -0.25) is 0 Å². The Balaban J connectivity index is 2.44. The molecule has 3 heteroatoms. The summed E-state index contributed by atoms with van der Waals surface area (Å²) in [6.45, 7) is 1.56. The summed E-state index contributed by atoms with van der Waals surface area (Å²) < 4.78 is 5.02. The van der Waals surface area contributed by atoms with Crippen LogP contribution in [0.25, 0.3) is 0 Å². The molecule has 0 unspecified atom stereocenters. The van der Waals surface area contributed by atoms with Crippen molar-refractivity contribution in [3.8, 4) is 0 Å². The third kappa shape index (κ3) is 4.69. The molecular weight excluding hydrogens is 206 g/mol. The fourth-order valence-corrected chi connectivity index (χ4v) is 2.40. The Bertz CT molecular complexity index is 278. The van der Waals surface area contributed by atoms with Gasteiger partial charge in [-0.25, -0.2) is 0 Å². The Morgan fingerprint density at radius 1 is 1.33 bits per heavy atom. The van der Waals surface area contributed by atoms with Gasteiger partial charge in [0.15, 0.2) is 0 Å². The first kappa shape index (κ1) is 12.6. The van der Waals surface area contributed by atoms with Crippen LogP contribution >= 0.6 is 11.8 Å². The second-order valence-electron chi connectivity index (χ2n) is 3.34. The summed E-state index contributed by atoms with van der Waals surface area (Å²) in [7, 11) is 1.74. The molecule has 2 nitrogen and oxygen atoms in total. The number of thioether (sulfide) groups is 1. The molecule has 15 heavy (non-hydrogen) atoms. The zero-order chi connectivity index (χ0) is 10.9. The molecule has 0 heterocycles. The quantitative estimate of drug-likeness (QED) is 0.571. The zero-order valence-corrected chi connectivity index (χ0v) is 10.1. The SMILES string of the molecule is COCCCSc1ccccc1CCN. The van der Waals surface area contributed by atoms with E-state index < -0.39 is 0 Å². The van der Waals surface area contributed by atoms with Gasteiger partial charge in [0.05, 0.1) is 0 Å². The molecule has 0 aromatic heterocycles. The largest absolute Gasteiger partial charge is 0.385 e. The summed E-state index contributed by atoms with van der Waals surface area (Å²) in [6.07, 6.45) is 2.06. The molecule has 0 aliphatic heterocycles. The van der Waals surface area contributed by atoms with Crippen LogP contribution in [0.15, 0.2) is 29.2 Å². The fraction of sp³-hybridized carbons (Fsp3) is 0.500. The van der Waals surface area contributed by atoms with Crippen molar-refractivity contribution in [1.29, 1.82) is 0 Å². The van der Waals surface area contributed by atoms with E-state index in [1.807, 2.05) is 11.8 Å². The van der Waals surface area contributed by atoms with E-state index >= 15 is 0 Å². The molecule has 2 N–H and O–H groups in total. The van der Waals surface area contributed by atoms with Crippen molar-refractivity contribution in [3.05, 3.63) is 29.8 Å². The molecule has 0 radical (unpaired) electrons. The summed E-state index contributed by atoms with van der Waals surface area (Å²) in [5.41, 5.74) is 6.94. The fourth-order valence-electron chi connectivity index (χ4n) is 1.39. The molecule has 0 atom stereocenters. The lowest BCUT2D eigenvalue weighted by Crippen LogP contribution is -2.03. The monoisotopic (exact) mass is 225 g/mol. The molecule has 1 rings (SSSR count). The van der Waals surface area contributed by atoms with E-state index in [-0.39, 0.29) is 0 Å². The van der Waals surface area contributed by atoms with Crippen LogP contribution in [0.4, 0.5) is 0 Å². The van der Waals surface area contributed by atoms with Crippen molar-refractivity contribution in [2.75, 3.05) is 26.0 Å². The highest BCUT2D eigenvalue weighted by Crippen LogP contribution is 2.23. The van der Waals surface area contributed by atoms with Crippen molar-refractivity contribution in [3.63, 3.8) is 0 Å². The number of nitrogens with two attached hydrogens (primary N) is 1. The number of rotatable bonds is 7. The van der Waals surface area contributed by atoms with Gasteiger partial charge in [-0.15, -0.1) is 11.8 Å².